The van der Waals surface area contributed by atoms with E-state index < -0.39 is 0 Å². The number of hydrogen-bond acceptors (Lipinski definition) is 4. The Hall–Kier alpha value is -2.63. The molecule has 1 N–H and O–H groups in total. The Bertz CT molecular complexity index is 826. The maximum absolute atomic E-state index is 12.0. The van der Waals surface area contributed by atoms with Gasteiger partial charge in [-0.05, 0) is 56.7 Å². The molecule has 0 bridgehead atoms. The van der Waals surface area contributed by atoms with Gasteiger partial charge in [-0.2, -0.15) is 0 Å². The van der Waals surface area contributed by atoms with E-state index in [1.54, 1.807) is 0 Å². The molecule has 1 aromatic carbocycles. The van der Waals surface area contributed by atoms with E-state index in [2.05, 4.69) is 29.4 Å². The number of rotatable bonds is 10. The van der Waals surface area contributed by atoms with Crippen LogP contribution in [0.25, 0.3) is 11.5 Å². The van der Waals surface area contributed by atoms with Gasteiger partial charge < -0.3 is 14.6 Å². The highest BCUT2D eigenvalue weighted by atomic mass is 16.4. The number of oxazole rings is 1. The molecule has 2 aromatic rings. The van der Waals surface area contributed by atoms with Crippen molar-refractivity contribution >= 4 is 11.8 Å². The molecule has 1 aliphatic heterocycles. The van der Waals surface area contributed by atoms with Gasteiger partial charge in [0.1, 0.15) is 5.76 Å². The van der Waals surface area contributed by atoms with Crippen LogP contribution in [0.2, 0.25) is 0 Å². The number of hydrogen-bond donors (Lipinski definition) is 1. The number of carbonyl (C=O) groups excluding carboxylic acids is 2. The molecule has 2 heterocycles. The highest BCUT2D eigenvalue weighted by Gasteiger charge is 2.19. The Morgan fingerprint density at radius 1 is 1.24 bits per heavy atom. The largest absolute Gasteiger partial charge is 0.441 e. The Labute approximate surface area is 172 Å². The monoisotopic (exact) mass is 397 g/mol. The predicted octanol–water partition coefficient (Wildman–Crippen LogP) is 3.66. The van der Waals surface area contributed by atoms with Crippen molar-refractivity contribution in [3.05, 3.63) is 41.3 Å². The minimum Gasteiger partial charge on any atom is -0.441 e. The summed E-state index contributed by atoms with van der Waals surface area (Å²) < 4.78 is 5.82. The summed E-state index contributed by atoms with van der Waals surface area (Å²) in [7, 11) is 0. The van der Waals surface area contributed by atoms with E-state index >= 15 is 0 Å². The smallest absolute Gasteiger partial charge is 0.226 e. The number of carbonyl (C=O) groups is 2. The first-order valence-electron chi connectivity index (χ1n) is 10.7. The molecule has 0 atom stereocenters. The van der Waals surface area contributed by atoms with Crippen molar-refractivity contribution in [2.45, 2.75) is 58.8 Å². The Balaban J connectivity index is 1.38. The van der Waals surface area contributed by atoms with Crippen LogP contribution in [0.15, 0.2) is 28.7 Å². The van der Waals surface area contributed by atoms with Gasteiger partial charge >= 0.3 is 0 Å². The van der Waals surface area contributed by atoms with Crippen molar-refractivity contribution < 1.29 is 14.0 Å². The van der Waals surface area contributed by atoms with Crippen LogP contribution < -0.4 is 5.32 Å². The number of nitrogens with one attached hydrogen (secondary N) is 1. The van der Waals surface area contributed by atoms with Crippen molar-refractivity contribution in [3.8, 4) is 11.5 Å². The fourth-order valence-corrected chi connectivity index (χ4v) is 3.61. The molecule has 1 fully saturated rings. The van der Waals surface area contributed by atoms with E-state index in [0.29, 0.717) is 25.3 Å². The van der Waals surface area contributed by atoms with Crippen LogP contribution in [0.5, 0.6) is 0 Å². The molecule has 0 unspecified atom stereocenters. The molecule has 29 heavy (non-hydrogen) atoms. The van der Waals surface area contributed by atoms with E-state index in [1.165, 1.54) is 5.56 Å². The van der Waals surface area contributed by atoms with Crippen molar-refractivity contribution in [2.24, 2.45) is 0 Å². The first kappa shape index (κ1) is 21.1. The molecular formula is C23H31N3O3. The van der Waals surface area contributed by atoms with Crippen molar-refractivity contribution in [1.29, 1.82) is 0 Å². The summed E-state index contributed by atoms with van der Waals surface area (Å²) in [6.07, 6.45) is 5.36. The van der Waals surface area contributed by atoms with E-state index in [0.717, 1.165) is 62.2 Å². The van der Waals surface area contributed by atoms with Gasteiger partial charge in [0.2, 0.25) is 17.7 Å². The lowest BCUT2D eigenvalue weighted by atomic mass is 10.1. The van der Waals surface area contributed by atoms with Gasteiger partial charge in [-0.25, -0.2) is 4.98 Å². The van der Waals surface area contributed by atoms with Gasteiger partial charge in [-0.3, -0.25) is 9.59 Å². The summed E-state index contributed by atoms with van der Waals surface area (Å²) in [6, 6.07) is 8.27. The van der Waals surface area contributed by atoms with E-state index in [9.17, 15) is 9.59 Å². The second kappa shape index (κ2) is 10.2. The van der Waals surface area contributed by atoms with Crippen LogP contribution in [0, 0.1) is 6.92 Å². The van der Waals surface area contributed by atoms with Crippen molar-refractivity contribution in [2.75, 3.05) is 19.6 Å². The molecule has 2 amide bonds. The zero-order valence-corrected chi connectivity index (χ0v) is 17.5. The minimum absolute atomic E-state index is 0.0503. The number of nitrogens with zero attached hydrogens (tertiary/aromatic N) is 2. The lowest BCUT2D eigenvalue weighted by molar-refractivity contribution is -0.127. The molecule has 6 nitrogen and oxygen atoms in total. The third-order valence-electron chi connectivity index (χ3n) is 5.42. The fraction of sp³-hybridized carbons (Fsp3) is 0.522. The summed E-state index contributed by atoms with van der Waals surface area (Å²) in [4.78, 5) is 30.1. The molecule has 1 aliphatic rings. The minimum atomic E-state index is 0.0503. The standard InChI is InChI=1S/C23H31N3O3/c1-3-18-10-12-19(13-11-18)23-25-20(17(2)29-23)7-4-8-21(27)24-14-6-16-26-15-5-9-22(26)28/h10-13H,3-9,14-16H2,1-2H3,(H,24,27). The Morgan fingerprint density at radius 3 is 2.72 bits per heavy atom. The molecule has 0 aliphatic carbocycles. The number of aryl methyl sites for hydroxylation is 3. The maximum atomic E-state index is 12.0. The molecular weight excluding hydrogens is 366 g/mol. The van der Waals surface area contributed by atoms with E-state index in [4.69, 9.17) is 4.42 Å². The number of amides is 2. The lowest BCUT2D eigenvalue weighted by Gasteiger charge is -2.15. The van der Waals surface area contributed by atoms with Gasteiger partial charge in [0.25, 0.3) is 0 Å². The predicted molar refractivity (Wildman–Crippen MR) is 112 cm³/mol. The zero-order chi connectivity index (χ0) is 20.6. The van der Waals surface area contributed by atoms with Crippen molar-refractivity contribution in [3.63, 3.8) is 0 Å². The molecule has 0 spiro atoms. The normalized spacial score (nSPS) is 13.9. The molecule has 0 saturated carbocycles. The first-order valence-corrected chi connectivity index (χ1v) is 10.7. The van der Waals surface area contributed by atoms with E-state index in [1.807, 2.05) is 24.0 Å². The highest BCUT2D eigenvalue weighted by Crippen LogP contribution is 2.23. The molecule has 3 rings (SSSR count). The lowest BCUT2D eigenvalue weighted by Crippen LogP contribution is -2.30. The van der Waals surface area contributed by atoms with Crippen LogP contribution in [0.3, 0.4) is 0 Å². The Morgan fingerprint density at radius 2 is 2.03 bits per heavy atom. The van der Waals surface area contributed by atoms with Gasteiger partial charge in [0, 0.05) is 38.0 Å². The average molecular weight is 398 g/mol. The zero-order valence-electron chi connectivity index (χ0n) is 17.5. The van der Waals surface area contributed by atoms with E-state index in [-0.39, 0.29) is 11.8 Å². The topological polar surface area (TPSA) is 75.4 Å². The third kappa shape index (κ3) is 5.92. The van der Waals surface area contributed by atoms with Crippen LogP contribution in [-0.4, -0.2) is 41.3 Å². The molecule has 1 saturated heterocycles. The van der Waals surface area contributed by atoms with Gasteiger partial charge in [0.15, 0.2) is 0 Å². The summed E-state index contributed by atoms with van der Waals surface area (Å²) in [5, 5.41) is 2.94. The van der Waals surface area contributed by atoms with Gasteiger partial charge in [0.05, 0.1) is 5.69 Å². The summed E-state index contributed by atoms with van der Waals surface area (Å²) in [6.45, 7) is 6.26. The van der Waals surface area contributed by atoms with Crippen LogP contribution in [0.4, 0.5) is 0 Å². The molecule has 6 heteroatoms. The number of likely N-dealkylation sites (tertiary alicyclic amines) is 1. The summed E-state index contributed by atoms with van der Waals surface area (Å²) >= 11 is 0. The third-order valence-corrected chi connectivity index (χ3v) is 5.42. The fourth-order valence-electron chi connectivity index (χ4n) is 3.61. The van der Waals surface area contributed by atoms with Crippen LogP contribution >= 0.6 is 0 Å². The average Bonchev–Trinajstić information content (AvgIpc) is 3.31. The molecule has 1 aromatic heterocycles. The quantitative estimate of drug-likeness (QED) is 0.621. The second-order valence-corrected chi connectivity index (χ2v) is 7.61. The first-order chi connectivity index (χ1) is 14.1. The maximum Gasteiger partial charge on any atom is 0.226 e. The number of benzene rings is 1. The SMILES string of the molecule is CCc1ccc(-c2nc(CCCC(=O)NCCCN3CCCC3=O)c(C)o2)cc1. The molecule has 0 radical (unpaired) electrons. The van der Waals surface area contributed by atoms with Crippen LogP contribution in [-0.2, 0) is 22.4 Å². The highest BCUT2D eigenvalue weighted by molar-refractivity contribution is 5.78. The van der Waals surface area contributed by atoms with Crippen LogP contribution in [0.1, 0.15) is 56.0 Å². The van der Waals surface area contributed by atoms with Gasteiger partial charge in [-0.15, -0.1) is 0 Å². The van der Waals surface area contributed by atoms with Crippen molar-refractivity contribution in [1.82, 2.24) is 15.2 Å². The number of aromatic nitrogens is 1. The summed E-state index contributed by atoms with van der Waals surface area (Å²) in [5.74, 6) is 1.74. The molecule has 156 valence electrons. The van der Waals surface area contributed by atoms with Gasteiger partial charge in [-0.1, -0.05) is 19.1 Å². The summed E-state index contributed by atoms with van der Waals surface area (Å²) in [5.41, 5.74) is 3.18. The second-order valence-electron chi connectivity index (χ2n) is 7.61. The Kier molecular flexibility index (Phi) is 7.44.